The minimum Gasteiger partial charge on any atom is -0.271 e. The van der Waals surface area contributed by atoms with E-state index >= 15 is 0 Å². The maximum Gasteiger partial charge on any atom is 0.0393 e. The second kappa shape index (κ2) is 3.85. The largest absolute Gasteiger partial charge is 0.271 e. The van der Waals surface area contributed by atoms with Gasteiger partial charge in [-0.15, -0.1) is 6.58 Å². The Bertz CT molecular complexity index is 249. The van der Waals surface area contributed by atoms with Gasteiger partial charge in [-0.2, -0.15) is 0 Å². The van der Waals surface area contributed by atoms with Crippen molar-refractivity contribution in [3.05, 3.63) is 12.7 Å². The standard InChI is InChI=1S/C14H24N2/c1-2-13(16-15)9-14-6-10-3-11(7-14)5-12(4-10)8-14/h2,10-13,16H,1,3-9,15H2. The van der Waals surface area contributed by atoms with Crippen LogP contribution in [0.4, 0.5) is 0 Å². The highest BCUT2D eigenvalue weighted by Crippen LogP contribution is 2.61. The molecule has 0 aliphatic heterocycles. The Morgan fingerprint density at radius 3 is 2.06 bits per heavy atom. The molecule has 0 saturated heterocycles. The van der Waals surface area contributed by atoms with Crippen LogP contribution in [0.15, 0.2) is 12.7 Å². The van der Waals surface area contributed by atoms with E-state index in [-0.39, 0.29) is 0 Å². The Hall–Kier alpha value is -0.340. The first-order valence-corrected chi connectivity index (χ1v) is 6.82. The molecule has 3 N–H and O–H groups in total. The predicted molar refractivity (Wildman–Crippen MR) is 66.5 cm³/mol. The van der Waals surface area contributed by atoms with Crippen LogP contribution >= 0.6 is 0 Å². The van der Waals surface area contributed by atoms with Crippen molar-refractivity contribution in [1.29, 1.82) is 0 Å². The third kappa shape index (κ3) is 1.72. The number of rotatable bonds is 4. The van der Waals surface area contributed by atoms with Gasteiger partial charge in [0.15, 0.2) is 0 Å². The fourth-order valence-electron chi connectivity index (χ4n) is 5.22. The van der Waals surface area contributed by atoms with Crippen LogP contribution in [0, 0.1) is 23.2 Å². The lowest BCUT2D eigenvalue weighted by Crippen LogP contribution is -2.49. The molecule has 1 unspecified atom stereocenters. The van der Waals surface area contributed by atoms with Crippen LogP contribution in [0.2, 0.25) is 0 Å². The molecule has 0 amide bonds. The number of nitrogens with two attached hydrogens (primary N) is 1. The van der Waals surface area contributed by atoms with Crippen LogP contribution in [0.1, 0.15) is 44.9 Å². The smallest absolute Gasteiger partial charge is 0.0393 e. The molecule has 0 aromatic rings. The molecule has 0 aromatic carbocycles. The van der Waals surface area contributed by atoms with Crippen LogP contribution in [-0.2, 0) is 0 Å². The highest BCUT2D eigenvalue weighted by Gasteiger charge is 2.50. The summed E-state index contributed by atoms with van der Waals surface area (Å²) in [6, 6.07) is 0.316. The second-order valence-corrected chi connectivity index (χ2v) is 6.63. The molecule has 4 aliphatic rings. The molecule has 2 heteroatoms. The first-order chi connectivity index (χ1) is 7.73. The van der Waals surface area contributed by atoms with Crippen molar-refractivity contribution in [2.24, 2.45) is 29.0 Å². The topological polar surface area (TPSA) is 38.0 Å². The van der Waals surface area contributed by atoms with Crippen molar-refractivity contribution in [1.82, 2.24) is 5.43 Å². The van der Waals surface area contributed by atoms with E-state index < -0.39 is 0 Å². The molecule has 4 rings (SSSR count). The van der Waals surface area contributed by atoms with E-state index in [1.54, 1.807) is 0 Å². The van der Waals surface area contributed by atoms with Crippen LogP contribution in [-0.4, -0.2) is 6.04 Å². The van der Waals surface area contributed by atoms with E-state index in [0.717, 1.165) is 17.8 Å². The van der Waals surface area contributed by atoms with Gasteiger partial charge in [-0.1, -0.05) is 6.08 Å². The highest BCUT2D eigenvalue weighted by molar-refractivity contribution is 5.04. The summed E-state index contributed by atoms with van der Waals surface area (Å²) in [5.41, 5.74) is 3.52. The van der Waals surface area contributed by atoms with Crippen LogP contribution < -0.4 is 11.3 Å². The molecule has 0 heterocycles. The fourth-order valence-corrected chi connectivity index (χ4v) is 5.22. The summed E-state index contributed by atoms with van der Waals surface area (Å²) >= 11 is 0. The number of hydrazine groups is 1. The minimum absolute atomic E-state index is 0.316. The molecule has 4 bridgehead atoms. The molecule has 0 spiro atoms. The molecular weight excluding hydrogens is 196 g/mol. The van der Waals surface area contributed by atoms with Gasteiger partial charge in [0.2, 0.25) is 0 Å². The van der Waals surface area contributed by atoms with E-state index in [4.69, 9.17) is 5.84 Å². The molecule has 16 heavy (non-hydrogen) atoms. The highest BCUT2D eigenvalue weighted by atomic mass is 15.2. The minimum atomic E-state index is 0.316. The summed E-state index contributed by atoms with van der Waals surface area (Å²) in [5, 5.41) is 0. The lowest BCUT2D eigenvalue weighted by molar-refractivity contribution is -0.0598. The van der Waals surface area contributed by atoms with Gasteiger partial charge in [0.25, 0.3) is 0 Å². The van der Waals surface area contributed by atoms with Crippen molar-refractivity contribution in [2.45, 2.75) is 51.0 Å². The van der Waals surface area contributed by atoms with E-state index in [1.807, 2.05) is 6.08 Å². The lowest BCUT2D eigenvalue weighted by atomic mass is 9.48. The lowest BCUT2D eigenvalue weighted by Gasteiger charge is -2.57. The third-order valence-electron chi connectivity index (χ3n) is 5.32. The van der Waals surface area contributed by atoms with E-state index in [2.05, 4.69) is 12.0 Å². The van der Waals surface area contributed by atoms with Gasteiger partial charge in [-0.05, 0) is 68.1 Å². The maximum absolute atomic E-state index is 5.59. The van der Waals surface area contributed by atoms with Crippen LogP contribution in [0.25, 0.3) is 0 Å². The molecule has 4 fully saturated rings. The summed E-state index contributed by atoms with van der Waals surface area (Å²) in [7, 11) is 0. The molecule has 4 saturated carbocycles. The van der Waals surface area contributed by atoms with Gasteiger partial charge in [-0.3, -0.25) is 11.3 Å². The first kappa shape index (κ1) is 10.8. The summed E-state index contributed by atoms with van der Waals surface area (Å²) in [6.45, 7) is 3.89. The van der Waals surface area contributed by atoms with Gasteiger partial charge < -0.3 is 0 Å². The molecule has 0 radical (unpaired) electrons. The Labute approximate surface area is 98.6 Å². The number of hydrogen-bond donors (Lipinski definition) is 2. The number of hydrogen-bond acceptors (Lipinski definition) is 2. The SMILES string of the molecule is C=CC(CC12CC3CC(CC(C3)C1)C2)NN. The van der Waals surface area contributed by atoms with Gasteiger partial charge in [-0.25, -0.2) is 0 Å². The van der Waals surface area contributed by atoms with E-state index in [0.29, 0.717) is 11.5 Å². The zero-order valence-corrected chi connectivity index (χ0v) is 10.1. The Kier molecular flexibility index (Phi) is 2.60. The zero-order valence-electron chi connectivity index (χ0n) is 10.1. The molecule has 0 aromatic heterocycles. The van der Waals surface area contributed by atoms with Crippen LogP contribution in [0.5, 0.6) is 0 Å². The Balaban J connectivity index is 1.75. The molecule has 90 valence electrons. The maximum atomic E-state index is 5.59. The molecular formula is C14H24N2. The first-order valence-electron chi connectivity index (χ1n) is 6.82. The van der Waals surface area contributed by atoms with Crippen molar-refractivity contribution in [3.63, 3.8) is 0 Å². The molecule has 4 aliphatic carbocycles. The van der Waals surface area contributed by atoms with Gasteiger partial charge in [0.1, 0.15) is 0 Å². The Morgan fingerprint density at radius 1 is 1.19 bits per heavy atom. The average molecular weight is 220 g/mol. The summed E-state index contributed by atoms with van der Waals surface area (Å²) < 4.78 is 0. The van der Waals surface area contributed by atoms with Crippen molar-refractivity contribution < 1.29 is 0 Å². The monoisotopic (exact) mass is 220 g/mol. The van der Waals surface area contributed by atoms with Gasteiger partial charge >= 0.3 is 0 Å². The van der Waals surface area contributed by atoms with Crippen molar-refractivity contribution >= 4 is 0 Å². The van der Waals surface area contributed by atoms with Crippen molar-refractivity contribution in [2.75, 3.05) is 0 Å². The summed E-state index contributed by atoms with van der Waals surface area (Å²) in [4.78, 5) is 0. The van der Waals surface area contributed by atoms with E-state index in [9.17, 15) is 0 Å². The second-order valence-electron chi connectivity index (χ2n) is 6.63. The van der Waals surface area contributed by atoms with E-state index in [1.165, 1.54) is 44.9 Å². The van der Waals surface area contributed by atoms with Crippen molar-refractivity contribution in [3.8, 4) is 0 Å². The quantitative estimate of drug-likeness (QED) is 0.434. The Morgan fingerprint density at radius 2 is 1.69 bits per heavy atom. The fraction of sp³-hybridized carbons (Fsp3) is 0.857. The van der Waals surface area contributed by atoms with Gasteiger partial charge in [0.05, 0.1) is 0 Å². The summed E-state index contributed by atoms with van der Waals surface area (Å²) in [6.07, 6.45) is 12.2. The predicted octanol–water partition coefficient (Wildman–Crippen LogP) is 2.61. The summed E-state index contributed by atoms with van der Waals surface area (Å²) in [5.74, 6) is 8.70. The zero-order chi connectivity index (χ0) is 11.2. The third-order valence-corrected chi connectivity index (χ3v) is 5.32. The van der Waals surface area contributed by atoms with Crippen LogP contribution in [0.3, 0.4) is 0 Å². The average Bonchev–Trinajstić information content (AvgIpc) is 2.24. The molecule has 1 atom stereocenters. The van der Waals surface area contributed by atoms with Gasteiger partial charge in [0, 0.05) is 6.04 Å². The molecule has 2 nitrogen and oxygen atoms in total. The normalized spacial score (nSPS) is 46.9. The number of nitrogens with one attached hydrogen (secondary N) is 1.